The van der Waals surface area contributed by atoms with E-state index in [1.54, 1.807) is 19.2 Å². The number of thiophene rings is 1. The number of carbonyl (C=O) groups is 1. The van der Waals surface area contributed by atoms with E-state index >= 15 is 0 Å². The molecule has 1 fully saturated rings. The predicted molar refractivity (Wildman–Crippen MR) is 148 cm³/mol. The molecule has 40 heavy (non-hydrogen) atoms. The third kappa shape index (κ3) is 6.14. The van der Waals surface area contributed by atoms with Crippen LogP contribution in [0.1, 0.15) is 50.4 Å². The van der Waals surface area contributed by atoms with Crippen LogP contribution >= 0.6 is 11.3 Å². The number of methoxy groups -OCH3 is 2. The van der Waals surface area contributed by atoms with Gasteiger partial charge in [0.25, 0.3) is 0 Å². The first kappa shape index (κ1) is 27.7. The molecule has 11 heteroatoms. The second kappa shape index (κ2) is 12.6. The number of nitrogens with zero attached hydrogens (tertiary/aromatic N) is 5. The predicted octanol–water partition coefficient (Wildman–Crippen LogP) is 4.90. The largest absolute Gasteiger partial charge is 0.472 e. The second-order valence-corrected chi connectivity index (χ2v) is 10.7. The van der Waals surface area contributed by atoms with Gasteiger partial charge in [-0.15, -0.1) is 11.3 Å². The standard InChI is InChI=1S/C29H30FN5O4S/c1-37-13-12-35-25-14-20(29(36)38-2)6-7-24(25)32-27(35)17-34-10-8-19(9-11-34)23-4-3-5-28(33-23)39-18-26-22(30)15-21(16-31)40-26/h3-7,14-15,19H,8-13,17-18H2,1-2H3. The fraction of sp³-hybridized carbons (Fsp3) is 0.379. The normalized spacial score (nSPS) is 14.3. The van der Waals surface area contributed by atoms with Crippen LogP contribution in [-0.4, -0.2) is 59.3 Å². The van der Waals surface area contributed by atoms with E-state index in [1.165, 1.54) is 13.2 Å². The van der Waals surface area contributed by atoms with Crippen LogP contribution in [0.3, 0.4) is 0 Å². The number of pyridine rings is 1. The molecule has 0 amide bonds. The number of carbonyl (C=O) groups excluding carboxylic acids is 1. The molecule has 0 spiro atoms. The van der Waals surface area contributed by atoms with E-state index in [9.17, 15) is 9.18 Å². The average Bonchev–Trinajstić information content (AvgIpc) is 3.53. The number of esters is 1. The van der Waals surface area contributed by atoms with Crippen molar-refractivity contribution < 1.29 is 23.4 Å². The summed E-state index contributed by atoms with van der Waals surface area (Å²) in [5.41, 5.74) is 3.18. The Morgan fingerprint density at radius 1 is 1.18 bits per heavy atom. The molecule has 4 aromatic rings. The highest BCUT2D eigenvalue weighted by Crippen LogP contribution is 2.30. The van der Waals surface area contributed by atoms with Gasteiger partial charge in [0.1, 0.15) is 29.2 Å². The van der Waals surface area contributed by atoms with E-state index in [0.29, 0.717) is 46.8 Å². The first-order valence-corrected chi connectivity index (χ1v) is 13.9. The van der Waals surface area contributed by atoms with E-state index in [1.807, 2.05) is 30.3 Å². The summed E-state index contributed by atoms with van der Waals surface area (Å²) in [4.78, 5) is 24.7. The van der Waals surface area contributed by atoms with Crippen LogP contribution in [0.25, 0.3) is 11.0 Å². The van der Waals surface area contributed by atoms with E-state index in [0.717, 1.165) is 59.8 Å². The van der Waals surface area contributed by atoms with Crippen molar-refractivity contribution in [2.45, 2.75) is 38.5 Å². The summed E-state index contributed by atoms with van der Waals surface area (Å²) >= 11 is 1.09. The lowest BCUT2D eigenvalue weighted by Crippen LogP contribution is -2.33. The molecule has 0 unspecified atom stereocenters. The molecular formula is C29H30FN5O4S. The molecule has 1 saturated heterocycles. The van der Waals surface area contributed by atoms with Gasteiger partial charge in [-0.05, 0) is 50.2 Å². The van der Waals surface area contributed by atoms with Gasteiger partial charge in [0.15, 0.2) is 0 Å². The molecule has 208 valence electrons. The molecule has 1 aliphatic heterocycles. The molecule has 0 aliphatic carbocycles. The maximum absolute atomic E-state index is 14.0. The Bertz CT molecular complexity index is 1540. The van der Waals surface area contributed by atoms with Gasteiger partial charge in [-0.1, -0.05) is 6.07 Å². The number of halogens is 1. The number of hydrogen-bond donors (Lipinski definition) is 0. The average molecular weight is 564 g/mol. The minimum atomic E-state index is -0.426. The quantitative estimate of drug-likeness (QED) is 0.251. The zero-order valence-corrected chi connectivity index (χ0v) is 23.2. The number of ether oxygens (including phenoxy) is 3. The van der Waals surface area contributed by atoms with Crippen molar-refractivity contribution in [2.24, 2.45) is 0 Å². The van der Waals surface area contributed by atoms with Crippen molar-refractivity contribution in [3.05, 3.63) is 75.1 Å². The zero-order valence-electron chi connectivity index (χ0n) is 22.4. The monoisotopic (exact) mass is 563 g/mol. The number of fused-ring (bicyclic) bond motifs is 1. The maximum atomic E-state index is 14.0. The number of piperidine rings is 1. The lowest BCUT2D eigenvalue weighted by atomic mass is 9.93. The molecule has 0 radical (unpaired) electrons. The van der Waals surface area contributed by atoms with E-state index < -0.39 is 5.82 Å². The first-order valence-electron chi connectivity index (χ1n) is 13.1. The number of aromatic nitrogens is 3. The summed E-state index contributed by atoms with van der Waals surface area (Å²) in [6.45, 7) is 3.66. The highest BCUT2D eigenvalue weighted by Gasteiger charge is 2.24. The Balaban J connectivity index is 1.23. The van der Waals surface area contributed by atoms with E-state index in [-0.39, 0.29) is 12.6 Å². The van der Waals surface area contributed by atoms with Crippen LogP contribution in [0.4, 0.5) is 4.39 Å². The SMILES string of the molecule is COCCn1c(CN2CCC(c3cccc(OCc4sc(C#N)cc4F)n3)CC2)nc2ccc(C(=O)OC)cc21. The minimum Gasteiger partial charge on any atom is -0.472 e. The highest BCUT2D eigenvalue weighted by atomic mass is 32.1. The molecule has 1 aromatic carbocycles. The van der Waals surface area contributed by atoms with Gasteiger partial charge in [0, 0.05) is 37.4 Å². The van der Waals surface area contributed by atoms with Gasteiger partial charge in [0.2, 0.25) is 5.88 Å². The summed E-state index contributed by atoms with van der Waals surface area (Å²) in [5, 5.41) is 8.97. The van der Waals surface area contributed by atoms with Crippen molar-refractivity contribution in [1.82, 2.24) is 19.4 Å². The van der Waals surface area contributed by atoms with Crippen LogP contribution in [0, 0.1) is 17.1 Å². The molecule has 4 heterocycles. The van der Waals surface area contributed by atoms with Crippen molar-refractivity contribution in [1.29, 1.82) is 5.26 Å². The summed E-state index contributed by atoms with van der Waals surface area (Å²) in [6, 6.07) is 14.3. The van der Waals surface area contributed by atoms with Gasteiger partial charge < -0.3 is 18.8 Å². The Morgan fingerprint density at radius 2 is 2.00 bits per heavy atom. The van der Waals surface area contributed by atoms with Crippen molar-refractivity contribution in [3.8, 4) is 11.9 Å². The van der Waals surface area contributed by atoms with Gasteiger partial charge in [0.05, 0.1) is 41.7 Å². The third-order valence-corrected chi connectivity index (χ3v) is 8.09. The van der Waals surface area contributed by atoms with Gasteiger partial charge in [-0.25, -0.2) is 19.2 Å². The summed E-state index contributed by atoms with van der Waals surface area (Å²) in [7, 11) is 3.05. The smallest absolute Gasteiger partial charge is 0.337 e. The van der Waals surface area contributed by atoms with Gasteiger partial charge in [-0.2, -0.15) is 5.26 Å². The number of imidazole rings is 1. The lowest BCUT2D eigenvalue weighted by Gasteiger charge is -2.31. The molecule has 0 bridgehead atoms. The Hall–Kier alpha value is -3.85. The van der Waals surface area contributed by atoms with E-state index in [2.05, 4.69) is 9.47 Å². The topological polar surface area (TPSA) is 103 Å². The zero-order chi connectivity index (χ0) is 28.1. The molecule has 5 rings (SSSR count). The first-order chi connectivity index (χ1) is 19.5. The van der Waals surface area contributed by atoms with Crippen LogP contribution in [0.2, 0.25) is 0 Å². The summed E-state index contributed by atoms with van der Waals surface area (Å²) in [6.07, 6.45) is 1.87. The fourth-order valence-corrected chi connectivity index (χ4v) is 5.74. The van der Waals surface area contributed by atoms with Crippen LogP contribution < -0.4 is 4.74 Å². The second-order valence-electron chi connectivity index (χ2n) is 9.60. The Kier molecular flexibility index (Phi) is 8.69. The van der Waals surface area contributed by atoms with Crippen LogP contribution in [0.15, 0.2) is 42.5 Å². The van der Waals surface area contributed by atoms with Crippen molar-refractivity contribution in [2.75, 3.05) is 33.9 Å². The number of nitriles is 1. The third-order valence-electron chi connectivity index (χ3n) is 7.10. The fourth-order valence-electron chi connectivity index (χ4n) is 5.00. The molecular weight excluding hydrogens is 533 g/mol. The number of likely N-dealkylation sites (tertiary alicyclic amines) is 1. The van der Waals surface area contributed by atoms with Gasteiger partial charge in [-0.3, -0.25) is 4.90 Å². The maximum Gasteiger partial charge on any atom is 0.337 e. The van der Waals surface area contributed by atoms with Gasteiger partial charge >= 0.3 is 5.97 Å². The van der Waals surface area contributed by atoms with Crippen LogP contribution in [0.5, 0.6) is 5.88 Å². The number of rotatable bonds is 10. The Morgan fingerprint density at radius 3 is 2.73 bits per heavy atom. The molecule has 3 aromatic heterocycles. The molecule has 1 aliphatic rings. The molecule has 0 saturated carbocycles. The minimum absolute atomic E-state index is 0.0400. The molecule has 9 nitrogen and oxygen atoms in total. The number of hydrogen-bond acceptors (Lipinski definition) is 9. The van der Waals surface area contributed by atoms with E-state index in [4.69, 9.17) is 29.4 Å². The highest BCUT2D eigenvalue weighted by molar-refractivity contribution is 7.12. The lowest BCUT2D eigenvalue weighted by molar-refractivity contribution is 0.0601. The summed E-state index contributed by atoms with van der Waals surface area (Å²) < 4.78 is 32.1. The molecule has 0 N–H and O–H groups in total. The van der Waals surface area contributed by atoms with Crippen LogP contribution in [-0.2, 0) is 29.2 Å². The molecule has 0 atom stereocenters. The Labute approximate surface area is 235 Å². The van der Waals surface area contributed by atoms with Crippen molar-refractivity contribution >= 4 is 28.3 Å². The van der Waals surface area contributed by atoms with Crippen molar-refractivity contribution in [3.63, 3.8) is 0 Å². The number of benzene rings is 1. The summed E-state index contributed by atoms with van der Waals surface area (Å²) in [5.74, 6) is 0.869.